The van der Waals surface area contributed by atoms with Crippen LogP contribution in [0.2, 0.25) is 0 Å². The number of nitrogens with one attached hydrogen (secondary N) is 1. The average Bonchev–Trinajstić information content (AvgIpc) is 3.21. The molecule has 3 aromatic rings. The van der Waals surface area contributed by atoms with Crippen LogP contribution in [0.15, 0.2) is 44.6 Å². The lowest BCUT2D eigenvalue weighted by Crippen LogP contribution is -2.28. The van der Waals surface area contributed by atoms with E-state index in [1.165, 1.54) is 12.3 Å². The lowest BCUT2D eigenvalue weighted by Gasteiger charge is -2.14. The first kappa shape index (κ1) is 18.1. The van der Waals surface area contributed by atoms with E-state index in [9.17, 15) is 13.6 Å². The first-order valence-electron chi connectivity index (χ1n) is 7.69. The van der Waals surface area contributed by atoms with Gasteiger partial charge in [-0.3, -0.25) is 4.79 Å². The predicted octanol–water partition coefficient (Wildman–Crippen LogP) is 3.89. The highest BCUT2D eigenvalue weighted by Crippen LogP contribution is 2.26. The van der Waals surface area contributed by atoms with Crippen molar-refractivity contribution in [1.82, 2.24) is 15.5 Å². The molecule has 26 heavy (non-hydrogen) atoms. The number of aryl methyl sites for hydroxylation is 1. The first-order valence-corrected chi connectivity index (χ1v) is 8.67. The number of carbonyl (C=O) groups is 1. The number of rotatable bonds is 6. The average molecular weight is 379 g/mol. The third kappa shape index (κ3) is 4.10. The molecule has 2 aromatic heterocycles. The number of hydrogen-bond donors (Lipinski definition) is 1. The Labute approximate surface area is 152 Å². The number of aromatic nitrogens is 2. The molecular formula is C17H15F2N3O3S. The van der Waals surface area contributed by atoms with Gasteiger partial charge in [-0.2, -0.15) is 0 Å². The molecule has 0 aliphatic heterocycles. The summed E-state index contributed by atoms with van der Waals surface area (Å²) in [5.41, 5.74) is 0.898. The fourth-order valence-corrected chi connectivity index (χ4v) is 2.90. The zero-order valence-electron chi connectivity index (χ0n) is 14.0. The maximum Gasteiger partial charge on any atom is 0.277 e. The molecule has 0 saturated carbocycles. The van der Waals surface area contributed by atoms with Crippen LogP contribution in [0.5, 0.6) is 0 Å². The second kappa shape index (κ2) is 7.69. The van der Waals surface area contributed by atoms with Crippen molar-refractivity contribution in [3.8, 4) is 11.5 Å². The molecule has 3 rings (SSSR count). The fraction of sp³-hybridized carbons (Fsp3) is 0.235. The Morgan fingerprint density at radius 1 is 1.31 bits per heavy atom. The Kier molecular flexibility index (Phi) is 5.36. The van der Waals surface area contributed by atoms with Crippen molar-refractivity contribution in [1.29, 1.82) is 0 Å². The standard InChI is InChI=1S/C17H15F2N3O3S/c1-9(12-4-3-11(18)7-14(12)19)20-15(23)8-26-17-22-21-16(25-17)13-5-6-24-10(13)2/h3-7,9H,8H2,1-2H3,(H,20,23)/t9-/m0/s1. The second-order valence-corrected chi connectivity index (χ2v) is 6.43. The van der Waals surface area contributed by atoms with Crippen LogP contribution < -0.4 is 5.32 Å². The molecule has 0 fully saturated rings. The van der Waals surface area contributed by atoms with E-state index < -0.39 is 17.7 Å². The van der Waals surface area contributed by atoms with Crippen LogP contribution in [-0.2, 0) is 4.79 Å². The van der Waals surface area contributed by atoms with Crippen molar-refractivity contribution in [2.45, 2.75) is 25.1 Å². The molecule has 0 spiro atoms. The summed E-state index contributed by atoms with van der Waals surface area (Å²) in [4.78, 5) is 12.0. The Balaban J connectivity index is 1.56. The molecular weight excluding hydrogens is 364 g/mol. The first-order chi connectivity index (χ1) is 12.4. The third-order valence-corrected chi connectivity index (χ3v) is 4.45. The number of nitrogens with zero attached hydrogens (tertiary/aromatic N) is 2. The summed E-state index contributed by atoms with van der Waals surface area (Å²) in [7, 11) is 0. The Morgan fingerprint density at radius 2 is 2.12 bits per heavy atom. The minimum absolute atomic E-state index is 0.0131. The van der Waals surface area contributed by atoms with E-state index >= 15 is 0 Å². The smallest absolute Gasteiger partial charge is 0.277 e. The van der Waals surface area contributed by atoms with Gasteiger partial charge >= 0.3 is 0 Å². The Hall–Kier alpha value is -2.68. The van der Waals surface area contributed by atoms with E-state index in [-0.39, 0.29) is 22.4 Å². The number of hydrogen-bond acceptors (Lipinski definition) is 6. The second-order valence-electron chi connectivity index (χ2n) is 5.51. The van der Waals surface area contributed by atoms with Gasteiger partial charge in [0.25, 0.3) is 11.1 Å². The zero-order chi connectivity index (χ0) is 18.7. The number of halogens is 2. The van der Waals surface area contributed by atoms with E-state index in [0.717, 1.165) is 23.9 Å². The molecule has 1 amide bonds. The Bertz CT molecular complexity index is 926. The van der Waals surface area contributed by atoms with Crippen LogP contribution in [-0.4, -0.2) is 21.9 Å². The minimum atomic E-state index is -0.706. The van der Waals surface area contributed by atoms with E-state index in [1.54, 1.807) is 19.9 Å². The molecule has 2 heterocycles. The molecule has 0 aliphatic rings. The Morgan fingerprint density at radius 3 is 2.81 bits per heavy atom. The topological polar surface area (TPSA) is 81.2 Å². The van der Waals surface area contributed by atoms with Gasteiger partial charge in [-0.05, 0) is 26.0 Å². The van der Waals surface area contributed by atoms with Crippen LogP contribution in [0, 0.1) is 18.6 Å². The zero-order valence-corrected chi connectivity index (χ0v) is 14.8. The van der Waals surface area contributed by atoms with Crippen LogP contribution in [0.3, 0.4) is 0 Å². The maximum absolute atomic E-state index is 13.7. The van der Waals surface area contributed by atoms with Gasteiger partial charge in [-0.15, -0.1) is 10.2 Å². The summed E-state index contributed by atoms with van der Waals surface area (Å²) in [5.74, 6) is -0.744. The highest BCUT2D eigenvalue weighted by atomic mass is 32.2. The van der Waals surface area contributed by atoms with Crippen LogP contribution in [0.4, 0.5) is 8.78 Å². The molecule has 0 unspecified atom stereocenters. The predicted molar refractivity (Wildman–Crippen MR) is 90.4 cm³/mol. The monoisotopic (exact) mass is 379 g/mol. The number of thioether (sulfide) groups is 1. The van der Waals surface area contributed by atoms with Crippen molar-refractivity contribution < 1.29 is 22.4 Å². The molecule has 9 heteroatoms. The molecule has 1 N–H and O–H groups in total. The number of amides is 1. The molecule has 1 atom stereocenters. The molecule has 1 aromatic carbocycles. The summed E-state index contributed by atoms with van der Waals surface area (Å²) in [6, 6.07) is 4.34. The normalized spacial score (nSPS) is 12.2. The summed E-state index contributed by atoms with van der Waals surface area (Å²) in [6.07, 6.45) is 1.52. The van der Waals surface area contributed by atoms with E-state index in [0.29, 0.717) is 17.2 Å². The quantitative estimate of drug-likeness (QED) is 0.655. The largest absolute Gasteiger partial charge is 0.469 e. The van der Waals surface area contributed by atoms with Crippen molar-refractivity contribution in [3.05, 3.63) is 53.5 Å². The maximum atomic E-state index is 13.7. The highest BCUT2D eigenvalue weighted by molar-refractivity contribution is 7.99. The van der Waals surface area contributed by atoms with Crippen molar-refractivity contribution in [2.75, 3.05) is 5.75 Å². The van der Waals surface area contributed by atoms with Crippen LogP contribution in [0.25, 0.3) is 11.5 Å². The minimum Gasteiger partial charge on any atom is -0.469 e. The van der Waals surface area contributed by atoms with Gasteiger partial charge in [0.15, 0.2) is 0 Å². The molecule has 0 bridgehead atoms. The van der Waals surface area contributed by atoms with Crippen LogP contribution >= 0.6 is 11.8 Å². The van der Waals surface area contributed by atoms with Gasteiger partial charge in [0.05, 0.1) is 23.6 Å². The summed E-state index contributed by atoms with van der Waals surface area (Å²) >= 11 is 1.06. The molecule has 0 saturated heterocycles. The van der Waals surface area contributed by atoms with Gasteiger partial charge in [0.1, 0.15) is 17.4 Å². The van der Waals surface area contributed by atoms with Crippen LogP contribution in [0.1, 0.15) is 24.3 Å². The van der Waals surface area contributed by atoms with E-state index in [2.05, 4.69) is 15.5 Å². The summed E-state index contributed by atoms with van der Waals surface area (Å²) in [5, 5.41) is 10.7. The molecule has 0 aliphatic carbocycles. The van der Waals surface area contributed by atoms with E-state index in [4.69, 9.17) is 8.83 Å². The van der Waals surface area contributed by atoms with Gasteiger partial charge in [0, 0.05) is 11.6 Å². The van der Waals surface area contributed by atoms with Crippen molar-refractivity contribution in [3.63, 3.8) is 0 Å². The lowest BCUT2D eigenvalue weighted by atomic mass is 10.1. The fourth-order valence-electron chi connectivity index (χ4n) is 2.32. The summed E-state index contributed by atoms with van der Waals surface area (Å²) < 4.78 is 37.3. The number of carbonyl (C=O) groups excluding carboxylic acids is 1. The van der Waals surface area contributed by atoms with Gasteiger partial charge < -0.3 is 14.2 Å². The van der Waals surface area contributed by atoms with Gasteiger partial charge in [-0.25, -0.2) is 8.78 Å². The number of benzene rings is 1. The SMILES string of the molecule is Cc1occc1-c1nnc(SCC(=O)N[C@@H](C)c2ccc(F)cc2F)o1. The van der Waals surface area contributed by atoms with Crippen molar-refractivity contribution >= 4 is 17.7 Å². The van der Waals surface area contributed by atoms with E-state index in [1.807, 2.05) is 0 Å². The molecule has 0 radical (unpaired) electrons. The van der Waals surface area contributed by atoms with Gasteiger partial charge in [0.2, 0.25) is 5.91 Å². The lowest BCUT2D eigenvalue weighted by molar-refractivity contribution is -0.119. The highest BCUT2D eigenvalue weighted by Gasteiger charge is 2.17. The van der Waals surface area contributed by atoms with Crippen molar-refractivity contribution in [2.24, 2.45) is 0 Å². The molecule has 136 valence electrons. The van der Waals surface area contributed by atoms with Gasteiger partial charge in [-0.1, -0.05) is 17.8 Å². The third-order valence-electron chi connectivity index (χ3n) is 3.63. The molecule has 6 nitrogen and oxygen atoms in total. The summed E-state index contributed by atoms with van der Waals surface area (Å²) in [6.45, 7) is 3.39. The number of furan rings is 1.